The lowest BCUT2D eigenvalue weighted by Crippen LogP contribution is -2.45. The van der Waals surface area contributed by atoms with Crippen LogP contribution in [0.3, 0.4) is 0 Å². The van der Waals surface area contributed by atoms with Gasteiger partial charge in [0.25, 0.3) is 0 Å². The molecule has 1 fully saturated rings. The van der Waals surface area contributed by atoms with E-state index in [0.717, 1.165) is 32.0 Å². The molecule has 1 aromatic carbocycles. The van der Waals surface area contributed by atoms with Gasteiger partial charge in [0.2, 0.25) is 0 Å². The monoisotopic (exact) mass is 264 g/mol. The predicted octanol–water partition coefficient (Wildman–Crippen LogP) is 3.13. The van der Waals surface area contributed by atoms with Gasteiger partial charge in [-0.3, -0.25) is 0 Å². The molecule has 0 N–H and O–H groups in total. The zero-order valence-corrected chi connectivity index (χ0v) is 12.2. The van der Waals surface area contributed by atoms with Crippen molar-refractivity contribution in [1.82, 2.24) is 0 Å². The maximum absolute atomic E-state index is 5.76. The molecule has 0 spiro atoms. The molecule has 106 valence electrons. The van der Waals surface area contributed by atoms with Gasteiger partial charge in [-0.1, -0.05) is 19.1 Å². The Bertz CT molecular complexity index is 405. The van der Waals surface area contributed by atoms with E-state index >= 15 is 0 Å². The highest BCUT2D eigenvalue weighted by molar-refractivity contribution is 5.38. The van der Waals surface area contributed by atoms with E-state index in [1.54, 1.807) is 0 Å². The number of benzene rings is 1. The van der Waals surface area contributed by atoms with E-state index in [1.807, 2.05) is 12.1 Å². The first kappa shape index (κ1) is 14.4. The van der Waals surface area contributed by atoms with Crippen LogP contribution in [0, 0.1) is 19.3 Å². The summed E-state index contributed by atoms with van der Waals surface area (Å²) in [6.45, 7) is 10.1. The maximum atomic E-state index is 5.76. The molecule has 0 aromatic heterocycles. The first-order valence-corrected chi connectivity index (χ1v) is 7.01. The van der Waals surface area contributed by atoms with Crippen LogP contribution in [0.2, 0.25) is 0 Å². The summed E-state index contributed by atoms with van der Waals surface area (Å²) in [5.41, 5.74) is 2.73. The molecule has 0 unspecified atom stereocenters. The second-order valence-electron chi connectivity index (χ2n) is 5.45. The van der Waals surface area contributed by atoms with E-state index in [2.05, 4.69) is 26.8 Å². The zero-order valence-electron chi connectivity index (χ0n) is 12.2. The van der Waals surface area contributed by atoms with Gasteiger partial charge in [-0.15, -0.1) is 0 Å². The summed E-state index contributed by atoms with van der Waals surface area (Å²) < 4.78 is 16.8. The molecule has 1 aliphatic heterocycles. The minimum absolute atomic E-state index is 0.263. The predicted molar refractivity (Wildman–Crippen MR) is 75.8 cm³/mol. The largest absolute Gasteiger partial charge is 0.491 e. The van der Waals surface area contributed by atoms with E-state index in [0.29, 0.717) is 13.2 Å². The first-order valence-electron chi connectivity index (χ1n) is 7.01. The van der Waals surface area contributed by atoms with Gasteiger partial charge in [-0.25, -0.2) is 0 Å². The van der Waals surface area contributed by atoms with Crippen molar-refractivity contribution in [1.29, 1.82) is 0 Å². The van der Waals surface area contributed by atoms with Crippen molar-refractivity contribution >= 4 is 0 Å². The molecule has 0 bridgehead atoms. The lowest BCUT2D eigenvalue weighted by molar-refractivity contribution is -0.151. The molecule has 0 atom stereocenters. The average molecular weight is 264 g/mol. The van der Waals surface area contributed by atoms with Crippen LogP contribution < -0.4 is 4.74 Å². The summed E-state index contributed by atoms with van der Waals surface area (Å²) in [4.78, 5) is 0. The van der Waals surface area contributed by atoms with Crippen molar-refractivity contribution in [2.75, 3.05) is 33.0 Å². The number of ether oxygens (including phenoxy) is 3. The molecule has 0 amide bonds. The van der Waals surface area contributed by atoms with E-state index in [9.17, 15) is 0 Å². The third kappa shape index (κ3) is 3.48. The maximum Gasteiger partial charge on any atom is 0.122 e. The number of aryl methyl sites for hydroxylation is 1. The summed E-state index contributed by atoms with van der Waals surface area (Å²) in [5.74, 6) is 0.959. The van der Waals surface area contributed by atoms with E-state index < -0.39 is 0 Å². The number of hydrogen-bond donors (Lipinski definition) is 0. The summed E-state index contributed by atoms with van der Waals surface area (Å²) in [6.07, 6.45) is 1.12. The van der Waals surface area contributed by atoms with Gasteiger partial charge in [0, 0.05) is 5.41 Å². The lowest BCUT2D eigenvalue weighted by atomic mass is 9.84. The second kappa shape index (κ2) is 6.40. The average Bonchev–Trinajstić information content (AvgIpc) is 2.37. The first-order chi connectivity index (χ1) is 9.17. The molecule has 3 heteroatoms. The van der Waals surface area contributed by atoms with Crippen molar-refractivity contribution in [3.8, 4) is 5.75 Å². The Morgan fingerprint density at radius 3 is 2.63 bits per heavy atom. The van der Waals surface area contributed by atoms with Crippen LogP contribution in [-0.4, -0.2) is 33.0 Å². The summed E-state index contributed by atoms with van der Waals surface area (Å²) in [7, 11) is 0. The fourth-order valence-electron chi connectivity index (χ4n) is 2.16. The second-order valence-corrected chi connectivity index (χ2v) is 5.45. The highest BCUT2D eigenvalue weighted by Gasteiger charge is 2.36. The molecule has 1 aliphatic rings. The van der Waals surface area contributed by atoms with Crippen LogP contribution in [0.5, 0.6) is 5.75 Å². The molecule has 0 aliphatic carbocycles. The molecule has 2 rings (SSSR count). The molecule has 1 aromatic rings. The molecule has 19 heavy (non-hydrogen) atoms. The fraction of sp³-hybridized carbons (Fsp3) is 0.625. The van der Waals surface area contributed by atoms with Crippen molar-refractivity contribution in [2.45, 2.75) is 27.2 Å². The van der Waals surface area contributed by atoms with E-state index in [4.69, 9.17) is 14.2 Å². The molecule has 1 heterocycles. The minimum Gasteiger partial charge on any atom is -0.491 e. The van der Waals surface area contributed by atoms with Gasteiger partial charge in [0.15, 0.2) is 0 Å². The Morgan fingerprint density at radius 1 is 1.21 bits per heavy atom. The minimum atomic E-state index is 0.263. The molecule has 1 saturated heterocycles. The number of rotatable bonds is 7. The lowest BCUT2D eigenvalue weighted by Gasteiger charge is -2.40. The standard InChI is InChI=1S/C16H24O3/c1-4-16(11-18-12-16)10-17-8-9-19-15-7-5-6-13(2)14(15)3/h5-7H,4,8-12H2,1-3H3. The zero-order chi connectivity index (χ0) is 13.7. The normalized spacial score (nSPS) is 17.0. The summed E-state index contributed by atoms with van der Waals surface area (Å²) in [6, 6.07) is 6.13. The van der Waals surface area contributed by atoms with Gasteiger partial charge >= 0.3 is 0 Å². The van der Waals surface area contributed by atoms with Crippen LogP contribution >= 0.6 is 0 Å². The van der Waals surface area contributed by atoms with Gasteiger partial charge in [0.05, 0.1) is 26.4 Å². The Morgan fingerprint density at radius 2 is 2.00 bits per heavy atom. The van der Waals surface area contributed by atoms with Crippen molar-refractivity contribution in [2.24, 2.45) is 5.41 Å². The van der Waals surface area contributed by atoms with Gasteiger partial charge < -0.3 is 14.2 Å². The number of hydrogen-bond acceptors (Lipinski definition) is 3. The fourth-order valence-corrected chi connectivity index (χ4v) is 2.16. The van der Waals surface area contributed by atoms with Crippen molar-refractivity contribution in [3.63, 3.8) is 0 Å². The molecule has 3 nitrogen and oxygen atoms in total. The smallest absolute Gasteiger partial charge is 0.122 e. The van der Waals surface area contributed by atoms with Crippen LogP contribution in [0.25, 0.3) is 0 Å². The van der Waals surface area contributed by atoms with Crippen LogP contribution in [0.4, 0.5) is 0 Å². The van der Waals surface area contributed by atoms with Crippen molar-refractivity contribution in [3.05, 3.63) is 29.3 Å². The van der Waals surface area contributed by atoms with Crippen LogP contribution in [-0.2, 0) is 9.47 Å². The molecular weight excluding hydrogens is 240 g/mol. The third-order valence-electron chi connectivity index (χ3n) is 4.01. The molecule has 0 saturated carbocycles. The quantitative estimate of drug-likeness (QED) is 0.708. The van der Waals surface area contributed by atoms with Gasteiger partial charge in [0.1, 0.15) is 12.4 Å². The SMILES string of the molecule is CCC1(COCCOc2cccc(C)c2C)COC1. The van der Waals surface area contributed by atoms with Crippen LogP contribution in [0.15, 0.2) is 18.2 Å². The van der Waals surface area contributed by atoms with Crippen molar-refractivity contribution < 1.29 is 14.2 Å². The Kier molecular flexibility index (Phi) is 4.83. The molecular formula is C16H24O3. The Labute approximate surface area is 115 Å². The van der Waals surface area contributed by atoms with E-state index in [1.165, 1.54) is 11.1 Å². The summed E-state index contributed by atoms with van der Waals surface area (Å²) in [5, 5.41) is 0. The van der Waals surface area contributed by atoms with E-state index in [-0.39, 0.29) is 5.41 Å². The Hall–Kier alpha value is -1.06. The third-order valence-corrected chi connectivity index (χ3v) is 4.01. The van der Waals surface area contributed by atoms with Crippen LogP contribution in [0.1, 0.15) is 24.5 Å². The van der Waals surface area contributed by atoms with Gasteiger partial charge in [-0.05, 0) is 37.5 Å². The highest BCUT2D eigenvalue weighted by Crippen LogP contribution is 2.31. The summed E-state index contributed by atoms with van der Waals surface area (Å²) >= 11 is 0. The topological polar surface area (TPSA) is 27.7 Å². The Balaban J connectivity index is 1.68. The van der Waals surface area contributed by atoms with Gasteiger partial charge in [-0.2, -0.15) is 0 Å². The highest BCUT2D eigenvalue weighted by atomic mass is 16.5. The molecule has 0 radical (unpaired) electrons.